The molecule has 0 radical (unpaired) electrons. The lowest BCUT2D eigenvalue weighted by atomic mass is 10.2. The predicted molar refractivity (Wildman–Crippen MR) is 70.4 cm³/mol. The van der Waals surface area contributed by atoms with Crippen molar-refractivity contribution in [2.24, 2.45) is 0 Å². The standard InChI is InChI=1S/C10H6BrClN2O3S/c11-6-2-1-5(10(15)16)3-8(6)17-4-7-9(12)18-14-13-7/h1-3H,4H2,(H,15,16). The summed E-state index contributed by atoms with van der Waals surface area (Å²) < 4.78 is 10.3. The molecule has 0 aliphatic rings. The van der Waals surface area contributed by atoms with Gasteiger partial charge in [-0.15, -0.1) is 5.10 Å². The zero-order chi connectivity index (χ0) is 13.1. The number of hydrogen-bond donors (Lipinski definition) is 1. The third-order valence-corrected chi connectivity index (χ3v) is 3.69. The van der Waals surface area contributed by atoms with Crippen molar-refractivity contribution >= 4 is 45.0 Å². The van der Waals surface area contributed by atoms with Gasteiger partial charge < -0.3 is 9.84 Å². The van der Waals surface area contributed by atoms with Gasteiger partial charge in [0.2, 0.25) is 0 Å². The first kappa shape index (κ1) is 13.3. The van der Waals surface area contributed by atoms with Crippen LogP contribution in [0.15, 0.2) is 22.7 Å². The fourth-order valence-corrected chi connectivity index (χ4v) is 2.14. The van der Waals surface area contributed by atoms with Crippen LogP contribution in [0.5, 0.6) is 5.75 Å². The quantitative estimate of drug-likeness (QED) is 0.917. The Morgan fingerprint density at radius 3 is 2.94 bits per heavy atom. The Kier molecular flexibility index (Phi) is 4.15. The molecule has 1 N–H and O–H groups in total. The Morgan fingerprint density at radius 1 is 1.56 bits per heavy atom. The highest BCUT2D eigenvalue weighted by Crippen LogP contribution is 2.28. The van der Waals surface area contributed by atoms with Crippen molar-refractivity contribution < 1.29 is 14.6 Å². The van der Waals surface area contributed by atoms with Crippen molar-refractivity contribution in [2.45, 2.75) is 6.61 Å². The first-order valence-corrected chi connectivity index (χ1v) is 6.64. The fourth-order valence-electron chi connectivity index (χ4n) is 1.18. The van der Waals surface area contributed by atoms with E-state index in [1.54, 1.807) is 6.07 Å². The number of aromatic nitrogens is 2. The molecular formula is C10H6BrClN2O3S. The normalized spacial score (nSPS) is 10.3. The Hall–Kier alpha value is -1.18. The van der Waals surface area contributed by atoms with Gasteiger partial charge in [-0.3, -0.25) is 0 Å². The molecule has 1 heterocycles. The largest absolute Gasteiger partial charge is 0.486 e. The summed E-state index contributed by atoms with van der Waals surface area (Å²) >= 11 is 10.2. The van der Waals surface area contributed by atoms with Crippen molar-refractivity contribution in [1.29, 1.82) is 0 Å². The van der Waals surface area contributed by atoms with Crippen molar-refractivity contribution in [3.8, 4) is 5.75 Å². The highest BCUT2D eigenvalue weighted by molar-refractivity contribution is 9.10. The van der Waals surface area contributed by atoms with Gasteiger partial charge in [0.05, 0.1) is 10.0 Å². The van der Waals surface area contributed by atoms with E-state index in [0.717, 1.165) is 11.5 Å². The monoisotopic (exact) mass is 348 g/mol. The van der Waals surface area contributed by atoms with Gasteiger partial charge in [-0.25, -0.2) is 4.79 Å². The molecule has 5 nitrogen and oxygen atoms in total. The van der Waals surface area contributed by atoms with Crippen LogP contribution in [-0.2, 0) is 6.61 Å². The van der Waals surface area contributed by atoms with Crippen LogP contribution in [-0.4, -0.2) is 20.7 Å². The van der Waals surface area contributed by atoms with Gasteiger partial charge >= 0.3 is 5.97 Å². The molecule has 0 saturated carbocycles. The molecule has 0 saturated heterocycles. The Balaban J connectivity index is 2.16. The SMILES string of the molecule is O=C(O)c1ccc(Br)c(OCc2nnsc2Cl)c1. The topological polar surface area (TPSA) is 72.3 Å². The number of halogens is 2. The van der Waals surface area contributed by atoms with Crippen LogP contribution < -0.4 is 4.74 Å². The Bertz CT molecular complexity index is 590. The highest BCUT2D eigenvalue weighted by Gasteiger charge is 2.10. The number of carboxylic acid groups (broad SMARTS) is 1. The minimum Gasteiger partial charge on any atom is -0.486 e. The number of ether oxygens (including phenoxy) is 1. The van der Waals surface area contributed by atoms with E-state index >= 15 is 0 Å². The Morgan fingerprint density at radius 2 is 2.33 bits per heavy atom. The molecule has 0 unspecified atom stereocenters. The summed E-state index contributed by atoms with van der Waals surface area (Å²) in [4.78, 5) is 10.8. The summed E-state index contributed by atoms with van der Waals surface area (Å²) in [7, 11) is 0. The van der Waals surface area contributed by atoms with Crippen LogP contribution >= 0.6 is 39.1 Å². The van der Waals surface area contributed by atoms with E-state index in [4.69, 9.17) is 21.4 Å². The Labute approximate surface area is 120 Å². The maximum Gasteiger partial charge on any atom is 0.335 e. The van der Waals surface area contributed by atoms with E-state index in [1.165, 1.54) is 12.1 Å². The average molecular weight is 350 g/mol. The van der Waals surface area contributed by atoms with E-state index in [2.05, 4.69) is 25.5 Å². The molecule has 1 aromatic carbocycles. The van der Waals surface area contributed by atoms with Crippen molar-refractivity contribution in [3.05, 3.63) is 38.3 Å². The number of aromatic carboxylic acids is 1. The number of benzene rings is 1. The van der Waals surface area contributed by atoms with Crippen molar-refractivity contribution in [2.75, 3.05) is 0 Å². The molecule has 94 valence electrons. The zero-order valence-electron chi connectivity index (χ0n) is 8.76. The van der Waals surface area contributed by atoms with Crippen LogP contribution in [0.1, 0.15) is 16.1 Å². The molecule has 0 aliphatic carbocycles. The summed E-state index contributed by atoms with van der Waals surface area (Å²) in [6.07, 6.45) is 0. The lowest BCUT2D eigenvalue weighted by molar-refractivity contribution is 0.0696. The number of hydrogen-bond acceptors (Lipinski definition) is 5. The molecule has 0 atom stereocenters. The van der Waals surface area contributed by atoms with Crippen LogP contribution in [0.25, 0.3) is 0 Å². The third kappa shape index (κ3) is 2.98. The van der Waals surface area contributed by atoms with E-state index in [9.17, 15) is 4.79 Å². The van der Waals surface area contributed by atoms with Gasteiger partial charge in [-0.1, -0.05) is 16.1 Å². The minimum atomic E-state index is -1.01. The maximum absolute atomic E-state index is 10.8. The first-order chi connectivity index (χ1) is 8.58. The van der Waals surface area contributed by atoms with Crippen LogP contribution in [0.4, 0.5) is 0 Å². The molecule has 18 heavy (non-hydrogen) atoms. The molecule has 8 heteroatoms. The summed E-state index contributed by atoms with van der Waals surface area (Å²) in [6, 6.07) is 4.52. The van der Waals surface area contributed by atoms with E-state index in [0.29, 0.717) is 20.3 Å². The van der Waals surface area contributed by atoms with Crippen molar-refractivity contribution in [1.82, 2.24) is 9.59 Å². The molecule has 0 fully saturated rings. The lowest BCUT2D eigenvalue weighted by Crippen LogP contribution is -2.00. The minimum absolute atomic E-state index is 0.136. The summed E-state index contributed by atoms with van der Waals surface area (Å²) in [6.45, 7) is 0.136. The second-order valence-corrected chi connectivity index (χ2v) is 5.44. The number of rotatable bonds is 4. The van der Waals surface area contributed by atoms with Crippen molar-refractivity contribution in [3.63, 3.8) is 0 Å². The van der Waals surface area contributed by atoms with Gasteiger partial charge in [0.1, 0.15) is 22.4 Å². The molecule has 2 rings (SSSR count). The van der Waals surface area contributed by atoms with E-state index < -0.39 is 5.97 Å². The fraction of sp³-hybridized carbons (Fsp3) is 0.100. The second-order valence-electron chi connectivity index (χ2n) is 3.23. The van der Waals surface area contributed by atoms with Gasteiger partial charge in [0, 0.05) is 11.5 Å². The molecular weight excluding hydrogens is 344 g/mol. The molecule has 2 aromatic rings. The van der Waals surface area contributed by atoms with Gasteiger partial charge in [0.25, 0.3) is 0 Å². The van der Waals surface area contributed by atoms with Crippen LogP contribution in [0, 0.1) is 0 Å². The van der Waals surface area contributed by atoms with Gasteiger partial charge in [-0.2, -0.15) is 0 Å². The highest BCUT2D eigenvalue weighted by atomic mass is 79.9. The zero-order valence-corrected chi connectivity index (χ0v) is 11.9. The molecule has 0 aliphatic heterocycles. The summed E-state index contributed by atoms with van der Waals surface area (Å²) in [5.41, 5.74) is 0.671. The number of carboxylic acids is 1. The smallest absolute Gasteiger partial charge is 0.335 e. The first-order valence-electron chi connectivity index (χ1n) is 4.70. The molecule has 0 spiro atoms. The second kappa shape index (κ2) is 5.64. The van der Waals surface area contributed by atoms with Gasteiger partial charge in [0.15, 0.2) is 0 Å². The molecule has 0 bridgehead atoms. The van der Waals surface area contributed by atoms with Crippen LogP contribution in [0.3, 0.4) is 0 Å². The van der Waals surface area contributed by atoms with E-state index in [-0.39, 0.29) is 12.2 Å². The van der Waals surface area contributed by atoms with Gasteiger partial charge in [-0.05, 0) is 34.1 Å². The van der Waals surface area contributed by atoms with E-state index in [1.807, 2.05) is 0 Å². The number of carbonyl (C=O) groups is 1. The number of nitrogens with zero attached hydrogens (tertiary/aromatic N) is 2. The molecule has 1 aromatic heterocycles. The maximum atomic E-state index is 10.8. The average Bonchev–Trinajstić information content (AvgIpc) is 2.73. The summed E-state index contributed by atoms with van der Waals surface area (Å²) in [5.74, 6) is -0.598. The summed E-state index contributed by atoms with van der Waals surface area (Å²) in [5, 5.41) is 12.7. The molecule has 0 amide bonds. The van der Waals surface area contributed by atoms with Crippen LogP contribution in [0.2, 0.25) is 4.34 Å². The third-order valence-electron chi connectivity index (χ3n) is 2.05. The predicted octanol–water partition coefficient (Wildman–Crippen LogP) is 3.23. The lowest BCUT2D eigenvalue weighted by Gasteiger charge is -2.07.